The molecule has 10 heteroatoms. The minimum absolute atomic E-state index is 0.0455. The van der Waals surface area contributed by atoms with Gasteiger partial charge in [-0.15, -0.1) is 0 Å². The molecule has 0 aromatic heterocycles. The fourth-order valence-electron chi connectivity index (χ4n) is 3.77. The molecule has 1 aliphatic heterocycles. The maximum Gasteiger partial charge on any atom is 0.319 e. The van der Waals surface area contributed by atoms with E-state index in [0.717, 1.165) is 22.9 Å². The fourth-order valence-corrected chi connectivity index (χ4v) is 5.17. The number of allylic oxidation sites excluding steroid dienone is 1. The van der Waals surface area contributed by atoms with E-state index in [2.05, 4.69) is 32.6 Å². The number of thioether (sulfide) groups is 1. The molecule has 8 nitrogen and oxygen atoms in total. The summed E-state index contributed by atoms with van der Waals surface area (Å²) in [6, 6.07) is 12.8. The molecule has 2 aromatic rings. The Balaban J connectivity index is 1.93. The van der Waals surface area contributed by atoms with Gasteiger partial charge in [-0.1, -0.05) is 30.0 Å². The number of nitriles is 1. The molecule has 182 valence electrons. The van der Waals surface area contributed by atoms with Gasteiger partial charge < -0.3 is 20.1 Å². The number of methoxy groups -OCH3 is 2. The number of nitrogens with zero attached hydrogens (tertiary/aromatic N) is 1. The second-order valence-electron chi connectivity index (χ2n) is 7.80. The first-order valence-corrected chi connectivity index (χ1v) is 12.3. The van der Waals surface area contributed by atoms with Crippen LogP contribution >= 0.6 is 27.7 Å². The molecule has 2 atom stereocenters. The van der Waals surface area contributed by atoms with Crippen LogP contribution in [0.15, 0.2) is 51.5 Å². The SMILES string of the molecule is COC(=O)[C@@H]1C(=O)NC(SCC(=O)Nc2cccc(C)c2C)=C(C#N)[C@H]1c1ccc(OC)c(Br)c1. The Labute approximate surface area is 216 Å². The summed E-state index contributed by atoms with van der Waals surface area (Å²) in [5, 5.41) is 15.7. The Hall–Kier alpha value is -3.29. The zero-order valence-electron chi connectivity index (χ0n) is 19.6. The van der Waals surface area contributed by atoms with Crippen LogP contribution in [-0.2, 0) is 19.1 Å². The monoisotopic (exact) mass is 557 g/mol. The van der Waals surface area contributed by atoms with Crippen molar-refractivity contribution in [2.24, 2.45) is 5.92 Å². The molecular weight excluding hydrogens is 534 g/mol. The summed E-state index contributed by atoms with van der Waals surface area (Å²) < 4.78 is 10.7. The van der Waals surface area contributed by atoms with Gasteiger partial charge in [0.25, 0.3) is 0 Å². The number of carbonyl (C=O) groups excluding carboxylic acids is 3. The smallest absolute Gasteiger partial charge is 0.319 e. The summed E-state index contributed by atoms with van der Waals surface area (Å²) in [5.41, 5.74) is 3.43. The largest absolute Gasteiger partial charge is 0.496 e. The van der Waals surface area contributed by atoms with E-state index in [9.17, 15) is 19.6 Å². The van der Waals surface area contributed by atoms with Crippen molar-refractivity contribution < 1.29 is 23.9 Å². The Bertz CT molecular complexity index is 1250. The number of hydrogen-bond acceptors (Lipinski definition) is 7. The van der Waals surface area contributed by atoms with Crippen LogP contribution in [0.1, 0.15) is 22.6 Å². The van der Waals surface area contributed by atoms with Crippen molar-refractivity contribution in [1.82, 2.24) is 5.32 Å². The number of amides is 2. The first-order valence-electron chi connectivity index (χ1n) is 10.6. The summed E-state index contributed by atoms with van der Waals surface area (Å²) in [6.07, 6.45) is 0. The highest BCUT2D eigenvalue weighted by molar-refractivity contribution is 9.10. The molecular formula is C25H24BrN3O5S. The topological polar surface area (TPSA) is 118 Å². The molecule has 3 rings (SSSR count). The van der Waals surface area contributed by atoms with E-state index in [0.29, 0.717) is 21.5 Å². The van der Waals surface area contributed by atoms with Crippen LogP contribution in [0.25, 0.3) is 0 Å². The number of halogens is 1. The van der Waals surface area contributed by atoms with Gasteiger partial charge in [-0.25, -0.2) is 0 Å². The summed E-state index contributed by atoms with van der Waals surface area (Å²) in [6.45, 7) is 3.87. The van der Waals surface area contributed by atoms with Crippen LogP contribution in [-0.4, -0.2) is 37.8 Å². The number of ether oxygens (including phenoxy) is 2. The number of anilines is 1. The van der Waals surface area contributed by atoms with Gasteiger partial charge in [0.05, 0.1) is 41.1 Å². The van der Waals surface area contributed by atoms with Gasteiger partial charge in [-0.2, -0.15) is 5.26 Å². The number of nitrogens with one attached hydrogen (secondary N) is 2. The number of rotatable bonds is 7. The standard InChI is InChI=1S/C25H24BrN3O5S/c1-13-6-5-7-18(14(13)2)28-20(30)12-35-24-16(11-27)21(22(23(31)29-24)25(32)34-4)15-8-9-19(33-3)17(26)10-15/h5-10,21-22H,12H2,1-4H3,(H,28,30)(H,29,31)/t21-,22+/m1/s1. The lowest BCUT2D eigenvalue weighted by Gasteiger charge is -2.31. The Morgan fingerprint density at radius 1 is 1.23 bits per heavy atom. The Morgan fingerprint density at radius 3 is 2.60 bits per heavy atom. The van der Waals surface area contributed by atoms with Crippen molar-refractivity contribution in [1.29, 1.82) is 5.26 Å². The fraction of sp³-hybridized carbons (Fsp3) is 0.280. The minimum Gasteiger partial charge on any atom is -0.496 e. The Kier molecular flexibility index (Phi) is 8.59. The summed E-state index contributed by atoms with van der Waals surface area (Å²) in [5.74, 6) is -3.30. The number of hydrogen-bond donors (Lipinski definition) is 2. The van der Waals surface area contributed by atoms with Crippen molar-refractivity contribution >= 4 is 51.2 Å². The van der Waals surface area contributed by atoms with Crippen LogP contribution in [0.2, 0.25) is 0 Å². The predicted molar refractivity (Wildman–Crippen MR) is 137 cm³/mol. The lowest BCUT2D eigenvalue weighted by molar-refractivity contribution is -0.150. The summed E-state index contributed by atoms with van der Waals surface area (Å²) in [4.78, 5) is 38.2. The molecule has 0 spiro atoms. The molecule has 1 heterocycles. The molecule has 2 aromatic carbocycles. The normalized spacial score (nSPS) is 17.3. The van der Waals surface area contributed by atoms with Crippen molar-refractivity contribution in [2.75, 3.05) is 25.3 Å². The van der Waals surface area contributed by atoms with Crippen molar-refractivity contribution in [3.05, 3.63) is 68.2 Å². The van der Waals surface area contributed by atoms with E-state index in [-0.39, 0.29) is 22.3 Å². The van der Waals surface area contributed by atoms with Gasteiger partial charge in [-0.05, 0) is 64.7 Å². The molecule has 1 aliphatic rings. The maximum atomic E-state index is 13.0. The van der Waals surface area contributed by atoms with E-state index in [4.69, 9.17) is 9.47 Å². The van der Waals surface area contributed by atoms with E-state index < -0.39 is 23.7 Å². The molecule has 0 saturated heterocycles. The average molecular weight is 558 g/mol. The third-order valence-corrected chi connectivity index (χ3v) is 7.38. The summed E-state index contributed by atoms with van der Waals surface area (Å²) >= 11 is 4.44. The highest BCUT2D eigenvalue weighted by atomic mass is 79.9. The molecule has 0 bridgehead atoms. The molecule has 0 unspecified atom stereocenters. The molecule has 0 aliphatic carbocycles. The van der Waals surface area contributed by atoms with Gasteiger partial charge in [0, 0.05) is 11.6 Å². The molecule has 0 fully saturated rings. The zero-order valence-corrected chi connectivity index (χ0v) is 22.0. The van der Waals surface area contributed by atoms with Crippen LogP contribution in [0.5, 0.6) is 5.75 Å². The van der Waals surface area contributed by atoms with E-state index >= 15 is 0 Å². The predicted octanol–water partition coefficient (Wildman–Crippen LogP) is 4.18. The van der Waals surface area contributed by atoms with Gasteiger partial charge in [0.15, 0.2) is 0 Å². The van der Waals surface area contributed by atoms with Gasteiger partial charge >= 0.3 is 5.97 Å². The molecule has 0 saturated carbocycles. The maximum absolute atomic E-state index is 13.0. The number of carbonyl (C=O) groups is 3. The quantitative estimate of drug-likeness (QED) is 0.387. The van der Waals surface area contributed by atoms with Gasteiger partial charge in [-0.3, -0.25) is 14.4 Å². The van der Waals surface area contributed by atoms with Gasteiger partial charge in [0.2, 0.25) is 11.8 Å². The first-order chi connectivity index (χ1) is 16.7. The van der Waals surface area contributed by atoms with Crippen molar-refractivity contribution in [3.8, 4) is 11.8 Å². The Morgan fingerprint density at radius 2 is 1.97 bits per heavy atom. The zero-order chi connectivity index (χ0) is 25.7. The molecule has 0 radical (unpaired) electrons. The summed E-state index contributed by atoms with van der Waals surface area (Å²) in [7, 11) is 2.71. The van der Waals surface area contributed by atoms with Crippen LogP contribution in [0, 0.1) is 31.1 Å². The second kappa shape index (κ2) is 11.4. The third-order valence-electron chi connectivity index (χ3n) is 5.75. The highest BCUT2D eigenvalue weighted by Crippen LogP contribution is 2.42. The lowest BCUT2D eigenvalue weighted by Crippen LogP contribution is -2.44. The molecule has 2 amide bonds. The molecule has 2 N–H and O–H groups in total. The second-order valence-corrected chi connectivity index (χ2v) is 9.64. The molecule has 35 heavy (non-hydrogen) atoms. The van der Waals surface area contributed by atoms with E-state index in [1.165, 1.54) is 14.2 Å². The number of benzene rings is 2. The lowest BCUT2D eigenvalue weighted by atomic mass is 9.78. The van der Waals surface area contributed by atoms with Crippen LogP contribution in [0.3, 0.4) is 0 Å². The number of aryl methyl sites for hydroxylation is 1. The first kappa shape index (κ1) is 26.3. The van der Waals surface area contributed by atoms with Crippen LogP contribution < -0.4 is 15.4 Å². The van der Waals surface area contributed by atoms with E-state index in [1.807, 2.05) is 32.0 Å². The van der Waals surface area contributed by atoms with E-state index in [1.54, 1.807) is 18.2 Å². The average Bonchev–Trinajstić information content (AvgIpc) is 2.84. The third kappa shape index (κ3) is 5.69. The van der Waals surface area contributed by atoms with Crippen molar-refractivity contribution in [2.45, 2.75) is 19.8 Å². The highest BCUT2D eigenvalue weighted by Gasteiger charge is 2.44. The minimum atomic E-state index is -1.26. The van der Waals surface area contributed by atoms with Gasteiger partial charge in [0.1, 0.15) is 11.7 Å². The van der Waals surface area contributed by atoms with Crippen molar-refractivity contribution in [3.63, 3.8) is 0 Å². The number of esters is 1. The van der Waals surface area contributed by atoms with Crippen LogP contribution in [0.4, 0.5) is 5.69 Å².